The summed E-state index contributed by atoms with van der Waals surface area (Å²) in [5.74, 6) is 1.97. The Morgan fingerprint density at radius 3 is 2.63 bits per heavy atom. The van der Waals surface area contributed by atoms with Crippen LogP contribution in [0.25, 0.3) is 17.2 Å². The predicted molar refractivity (Wildman–Crippen MR) is 117 cm³/mol. The molecule has 0 spiro atoms. The van der Waals surface area contributed by atoms with Crippen LogP contribution in [0.2, 0.25) is 0 Å². The molecule has 4 aromatic heterocycles. The molecule has 0 N–H and O–H groups in total. The number of carbonyl (C=O) groups is 1. The Labute approximate surface area is 178 Å². The van der Waals surface area contributed by atoms with E-state index in [1.165, 1.54) is 11.3 Å². The van der Waals surface area contributed by atoms with E-state index in [1.807, 2.05) is 57.7 Å². The van der Waals surface area contributed by atoms with Crippen LogP contribution in [0.15, 0.2) is 36.0 Å². The van der Waals surface area contributed by atoms with Crippen LogP contribution in [0.5, 0.6) is 0 Å². The molecule has 5 rings (SSSR count). The molecule has 0 aliphatic carbocycles. The van der Waals surface area contributed by atoms with Crippen molar-refractivity contribution in [1.29, 1.82) is 0 Å². The smallest absolute Gasteiger partial charge is 0.264 e. The Balaban J connectivity index is 1.47. The molecule has 9 heteroatoms. The van der Waals surface area contributed by atoms with Crippen LogP contribution in [0.4, 0.5) is 5.82 Å². The molecule has 30 heavy (non-hydrogen) atoms. The maximum absolute atomic E-state index is 12.7. The maximum Gasteiger partial charge on any atom is 0.264 e. The first-order valence-corrected chi connectivity index (χ1v) is 10.8. The summed E-state index contributed by atoms with van der Waals surface area (Å²) < 4.78 is 3.87. The fraction of sp³-hybridized carbons (Fsp3) is 0.333. The molecule has 1 fully saturated rings. The summed E-state index contributed by atoms with van der Waals surface area (Å²) in [5, 5.41) is 6.78. The lowest BCUT2D eigenvalue weighted by Gasteiger charge is -2.36. The molecule has 0 radical (unpaired) electrons. The van der Waals surface area contributed by atoms with Gasteiger partial charge in [0.1, 0.15) is 11.5 Å². The van der Waals surface area contributed by atoms with Gasteiger partial charge in [0.05, 0.1) is 4.88 Å². The lowest BCUT2D eigenvalue weighted by molar-refractivity contribution is 0.0751. The number of anilines is 1. The molecule has 5 heterocycles. The Kier molecular flexibility index (Phi) is 4.54. The van der Waals surface area contributed by atoms with Gasteiger partial charge in [0, 0.05) is 62.9 Å². The molecule has 0 unspecified atom stereocenters. The van der Waals surface area contributed by atoms with Gasteiger partial charge in [-0.1, -0.05) is 6.07 Å². The molecule has 1 amide bonds. The van der Waals surface area contributed by atoms with E-state index in [4.69, 9.17) is 10.1 Å². The van der Waals surface area contributed by atoms with Crippen molar-refractivity contribution in [3.63, 3.8) is 0 Å². The highest BCUT2D eigenvalue weighted by Gasteiger charge is 2.26. The number of amides is 1. The van der Waals surface area contributed by atoms with E-state index in [2.05, 4.69) is 16.8 Å². The number of fused-ring (bicyclic) bond motifs is 1. The standard InChI is InChI=1S/C21H23N7OS/c1-14-15(2)23-18-13-16(19-22-6-7-25(19)3)24-28(18)20(14)26-8-10-27(11-9-26)21(29)17-5-4-12-30-17/h4-7,12-13H,8-11H2,1-3H3. The van der Waals surface area contributed by atoms with Crippen LogP contribution < -0.4 is 4.90 Å². The minimum absolute atomic E-state index is 0.119. The fourth-order valence-corrected chi connectivity index (χ4v) is 4.64. The van der Waals surface area contributed by atoms with Gasteiger partial charge in [-0.15, -0.1) is 11.3 Å². The first kappa shape index (κ1) is 18.8. The highest BCUT2D eigenvalue weighted by Crippen LogP contribution is 2.27. The molecule has 4 aromatic rings. The van der Waals surface area contributed by atoms with E-state index in [1.54, 1.807) is 6.20 Å². The summed E-state index contributed by atoms with van der Waals surface area (Å²) in [5.41, 5.74) is 3.70. The number of hydrogen-bond donors (Lipinski definition) is 0. The Hall–Kier alpha value is -3.20. The zero-order valence-corrected chi connectivity index (χ0v) is 18.1. The van der Waals surface area contributed by atoms with Gasteiger partial charge in [0.25, 0.3) is 5.91 Å². The van der Waals surface area contributed by atoms with Crippen LogP contribution in [-0.4, -0.2) is 61.1 Å². The summed E-state index contributed by atoms with van der Waals surface area (Å²) in [7, 11) is 1.96. The third-order valence-corrected chi connectivity index (χ3v) is 6.56. The fourth-order valence-electron chi connectivity index (χ4n) is 3.95. The zero-order valence-electron chi connectivity index (χ0n) is 17.2. The van der Waals surface area contributed by atoms with Gasteiger partial charge in [0.15, 0.2) is 11.5 Å². The summed E-state index contributed by atoms with van der Waals surface area (Å²) in [6.45, 7) is 7.01. The van der Waals surface area contributed by atoms with Gasteiger partial charge >= 0.3 is 0 Å². The minimum atomic E-state index is 0.119. The first-order valence-electron chi connectivity index (χ1n) is 9.95. The Morgan fingerprint density at radius 2 is 1.97 bits per heavy atom. The van der Waals surface area contributed by atoms with Gasteiger partial charge in [-0.25, -0.2) is 9.97 Å². The molecule has 1 aliphatic rings. The van der Waals surface area contributed by atoms with Gasteiger partial charge in [-0.3, -0.25) is 4.79 Å². The number of rotatable bonds is 3. The highest BCUT2D eigenvalue weighted by atomic mass is 32.1. The Bertz CT molecular complexity index is 1220. The average molecular weight is 422 g/mol. The molecule has 1 aliphatic heterocycles. The molecular formula is C21H23N7OS. The van der Waals surface area contributed by atoms with Gasteiger partial charge in [-0.2, -0.15) is 9.61 Å². The van der Waals surface area contributed by atoms with Crippen molar-refractivity contribution in [2.45, 2.75) is 13.8 Å². The van der Waals surface area contributed by atoms with Gasteiger partial charge in [-0.05, 0) is 25.3 Å². The number of carbonyl (C=O) groups excluding carboxylic acids is 1. The lowest BCUT2D eigenvalue weighted by atomic mass is 10.2. The van der Waals surface area contributed by atoms with Crippen molar-refractivity contribution in [2.75, 3.05) is 31.1 Å². The predicted octanol–water partition coefficient (Wildman–Crippen LogP) is 2.77. The summed E-state index contributed by atoms with van der Waals surface area (Å²) >= 11 is 1.50. The minimum Gasteiger partial charge on any atom is -0.353 e. The second kappa shape index (κ2) is 7.24. The summed E-state index contributed by atoms with van der Waals surface area (Å²) in [6.07, 6.45) is 3.68. The van der Waals surface area contributed by atoms with Crippen molar-refractivity contribution in [1.82, 2.24) is 29.0 Å². The molecule has 0 aromatic carbocycles. The van der Waals surface area contributed by atoms with E-state index >= 15 is 0 Å². The second-order valence-corrected chi connectivity index (χ2v) is 8.51. The highest BCUT2D eigenvalue weighted by molar-refractivity contribution is 7.12. The van der Waals surface area contributed by atoms with Crippen LogP contribution in [0.1, 0.15) is 20.9 Å². The van der Waals surface area contributed by atoms with Crippen molar-refractivity contribution >= 4 is 28.7 Å². The molecule has 0 atom stereocenters. The van der Waals surface area contributed by atoms with E-state index < -0.39 is 0 Å². The monoisotopic (exact) mass is 421 g/mol. The zero-order chi connectivity index (χ0) is 20.8. The van der Waals surface area contributed by atoms with Crippen LogP contribution in [-0.2, 0) is 7.05 Å². The summed E-state index contributed by atoms with van der Waals surface area (Å²) in [4.78, 5) is 26.9. The Morgan fingerprint density at radius 1 is 1.17 bits per heavy atom. The normalized spacial score (nSPS) is 14.6. The molecular weight excluding hydrogens is 398 g/mol. The second-order valence-electron chi connectivity index (χ2n) is 7.56. The number of nitrogens with zero attached hydrogens (tertiary/aromatic N) is 7. The van der Waals surface area contributed by atoms with Crippen molar-refractivity contribution < 1.29 is 4.79 Å². The van der Waals surface area contributed by atoms with E-state index in [0.29, 0.717) is 13.1 Å². The first-order chi connectivity index (χ1) is 14.5. The molecule has 8 nitrogen and oxygen atoms in total. The van der Waals surface area contributed by atoms with Gasteiger partial charge < -0.3 is 14.4 Å². The number of imidazole rings is 1. The van der Waals surface area contributed by atoms with E-state index in [9.17, 15) is 4.79 Å². The number of aromatic nitrogens is 5. The molecule has 0 saturated carbocycles. The number of piperazine rings is 1. The quantitative estimate of drug-likeness (QED) is 0.509. The van der Waals surface area contributed by atoms with E-state index in [-0.39, 0.29) is 5.91 Å². The lowest BCUT2D eigenvalue weighted by Crippen LogP contribution is -2.49. The van der Waals surface area contributed by atoms with Crippen LogP contribution in [0, 0.1) is 13.8 Å². The number of thiophene rings is 1. The molecule has 1 saturated heterocycles. The molecule has 0 bridgehead atoms. The third kappa shape index (κ3) is 3.06. The topological polar surface area (TPSA) is 71.6 Å². The average Bonchev–Trinajstić information content (AvgIpc) is 3.49. The van der Waals surface area contributed by atoms with Crippen LogP contribution in [0.3, 0.4) is 0 Å². The van der Waals surface area contributed by atoms with Crippen molar-refractivity contribution in [3.05, 3.63) is 52.1 Å². The largest absolute Gasteiger partial charge is 0.353 e. The third-order valence-electron chi connectivity index (χ3n) is 5.70. The molecule has 154 valence electrons. The number of hydrogen-bond acceptors (Lipinski definition) is 6. The van der Waals surface area contributed by atoms with Crippen molar-refractivity contribution in [3.8, 4) is 11.5 Å². The maximum atomic E-state index is 12.7. The van der Waals surface area contributed by atoms with Gasteiger partial charge in [0.2, 0.25) is 0 Å². The number of aryl methyl sites for hydroxylation is 2. The van der Waals surface area contributed by atoms with Crippen molar-refractivity contribution in [2.24, 2.45) is 7.05 Å². The SMILES string of the molecule is Cc1nc2cc(-c3nccn3C)nn2c(N2CCN(C(=O)c3cccs3)CC2)c1C. The van der Waals surface area contributed by atoms with Crippen LogP contribution >= 0.6 is 11.3 Å². The van der Waals surface area contributed by atoms with E-state index in [0.717, 1.165) is 52.2 Å². The summed E-state index contributed by atoms with van der Waals surface area (Å²) in [6, 6.07) is 5.79.